The van der Waals surface area contributed by atoms with Gasteiger partial charge in [0.05, 0.1) is 27.7 Å². The third-order valence-corrected chi connectivity index (χ3v) is 6.32. The fraction of sp³-hybridized carbons (Fsp3) is 0.318. The molecule has 1 aliphatic carbocycles. The summed E-state index contributed by atoms with van der Waals surface area (Å²) in [4.78, 5) is 17.9. The van der Waals surface area contributed by atoms with Gasteiger partial charge in [-0.2, -0.15) is 0 Å². The molecule has 6 nitrogen and oxygen atoms in total. The minimum absolute atomic E-state index is 0.128. The Bertz CT molecular complexity index is 1250. The summed E-state index contributed by atoms with van der Waals surface area (Å²) < 4.78 is 29.3. The van der Waals surface area contributed by atoms with E-state index in [1.54, 1.807) is 25.7 Å². The largest absolute Gasteiger partial charge is 0.397 e. The Kier molecular flexibility index (Phi) is 4.13. The first kappa shape index (κ1) is 18.7. The molecule has 0 unspecified atom stereocenters. The fourth-order valence-corrected chi connectivity index (χ4v) is 4.63. The first-order chi connectivity index (χ1) is 14.5. The number of halogens is 2. The lowest BCUT2D eigenvalue weighted by atomic mass is 10.0. The van der Waals surface area contributed by atoms with Crippen molar-refractivity contribution in [2.45, 2.75) is 19.3 Å². The molecule has 1 saturated heterocycles. The van der Waals surface area contributed by atoms with E-state index in [-0.39, 0.29) is 11.1 Å². The average Bonchev–Trinajstić information content (AvgIpc) is 3.17. The lowest BCUT2D eigenvalue weighted by Crippen LogP contribution is -2.22. The Labute approximate surface area is 172 Å². The maximum atomic E-state index is 15.0. The number of allylic oxidation sites excluding steroid dienone is 1. The minimum atomic E-state index is -0.976. The molecule has 1 spiro atoms. The number of aromatic amines is 1. The van der Waals surface area contributed by atoms with Gasteiger partial charge in [-0.05, 0) is 31.4 Å². The average molecular weight is 408 g/mol. The zero-order chi connectivity index (χ0) is 21.0. The maximum absolute atomic E-state index is 15.0. The van der Waals surface area contributed by atoms with E-state index in [1.807, 2.05) is 0 Å². The van der Waals surface area contributed by atoms with Crippen LogP contribution in [0.4, 0.5) is 20.2 Å². The summed E-state index contributed by atoms with van der Waals surface area (Å²) in [6.45, 7) is 5.26. The second-order valence-electron chi connectivity index (χ2n) is 8.21. The molecule has 0 radical (unpaired) electrons. The van der Waals surface area contributed by atoms with Crippen LogP contribution in [0.25, 0.3) is 27.5 Å². The molecule has 2 aromatic heterocycles. The Hall–Kier alpha value is -3.29. The van der Waals surface area contributed by atoms with Crippen molar-refractivity contribution in [3.05, 3.63) is 35.7 Å². The van der Waals surface area contributed by atoms with Crippen molar-refractivity contribution in [3.8, 4) is 0 Å². The molecular formula is C22H22F2N6. The molecule has 2 aliphatic rings. The van der Waals surface area contributed by atoms with Gasteiger partial charge in [0.1, 0.15) is 5.65 Å². The summed E-state index contributed by atoms with van der Waals surface area (Å²) >= 11 is 0. The number of benzene rings is 1. The second kappa shape index (κ2) is 6.62. The van der Waals surface area contributed by atoms with Crippen LogP contribution in [0.15, 0.2) is 28.4 Å². The number of hydrogen-bond acceptors (Lipinski definition) is 5. The Morgan fingerprint density at radius 3 is 2.80 bits per heavy atom. The number of nitrogens with one attached hydrogen (secondary N) is 1. The number of hydrogen-bond donors (Lipinski definition) is 2. The molecule has 0 bridgehead atoms. The molecule has 0 atom stereocenters. The number of fused-ring (bicyclic) bond motifs is 3. The maximum Gasteiger partial charge on any atom is 0.169 e. The highest BCUT2D eigenvalue weighted by atomic mass is 19.2. The molecule has 1 aliphatic heterocycles. The summed E-state index contributed by atoms with van der Waals surface area (Å²) in [6.07, 6.45) is 8.47. The monoisotopic (exact) mass is 408 g/mol. The molecule has 2 fully saturated rings. The summed E-state index contributed by atoms with van der Waals surface area (Å²) in [5.41, 5.74) is 9.56. The molecule has 0 amide bonds. The van der Waals surface area contributed by atoms with Gasteiger partial charge in [0.15, 0.2) is 11.6 Å². The van der Waals surface area contributed by atoms with Crippen molar-refractivity contribution in [2.75, 3.05) is 30.8 Å². The highest BCUT2D eigenvalue weighted by Crippen LogP contribution is 2.55. The minimum Gasteiger partial charge on any atom is -0.397 e. The van der Waals surface area contributed by atoms with Gasteiger partial charge in [0, 0.05) is 56.0 Å². The van der Waals surface area contributed by atoms with E-state index in [0.29, 0.717) is 27.5 Å². The zero-order valence-corrected chi connectivity index (χ0v) is 16.7. The predicted molar refractivity (Wildman–Crippen MR) is 118 cm³/mol. The van der Waals surface area contributed by atoms with E-state index in [2.05, 4.69) is 31.6 Å². The summed E-state index contributed by atoms with van der Waals surface area (Å²) in [5, 5.41) is 0.659. The quantitative estimate of drug-likeness (QED) is 0.499. The van der Waals surface area contributed by atoms with Crippen molar-refractivity contribution in [1.82, 2.24) is 9.97 Å². The second-order valence-corrected chi connectivity index (χ2v) is 8.21. The van der Waals surface area contributed by atoms with E-state index in [1.165, 1.54) is 12.8 Å². The Morgan fingerprint density at radius 1 is 1.33 bits per heavy atom. The molecule has 1 aromatic carbocycles. The molecule has 3 N–H and O–H groups in total. The van der Waals surface area contributed by atoms with Gasteiger partial charge < -0.3 is 15.6 Å². The van der Waals surface area contributed by atoms with Gasteiger partial charge in [0.25, 0.3) is 0 Å². The SMILES string of the molecule is C=N/C=C(\C=NC)c1cnc2[nH]c3c(N)cc(F)c(F)c3c2c1N1CCC2(CC2)C1. The number of nitrogens with zero attached hydrogens (tertiary/aromatic N) is 4. The summed E-state index contributed by atoms with van der Waals surface area (Å²) in [6, 6.07) is 0.999. The van der Waals surface area contributed by atoms with E-state index in [4.69, 9.17) is 5.73 Å². The molecule has 1 saturated carbocycles. The molecule has 30 heavy (non-hydrogen) atoms. The van der Waals surface area contributed by atoms with E-state index in [9.17, 15) is 4.39 Å². The van der Waals surface area contributed by atoms with Crippen LogP contribution >= 0.6 is 0 Å². The number of aliphatic imine (C=N–C) groups is 2. The van der Waals surface area contributed by atoms with E-state index in [0.717, 1.165) is 36.8 Å². The molecule has 5 rings (SSSR count). The van der Waals surface area contributed by atoms with Gasteiger partial charge in [-0.1, -0.05) is 0 Å². The van der Waals surface area contributed by atoms with Crippen LogP contribution in [0.1, 0.15) is 24.8 Å². The Balaban J connectivity index is 1.88. The van der Waals surface area contributed by atoms with Crippen LogP contribution in [-0.2, 0) is 0 Å². The third kappa shape index (κ3) is 2.70. The van der Waals surface area contributed by atoms with Crippen LogP contribution < -0.4 is 10.6 Å². The molecule has 3 heterocycles. The first-order valence-corrected chi connectivity index (χ1v) is 9.89. The smallest absolute Gasteiger partial charge is 0.169 e. The number of H-pyrrole nitrogens is 1. The number of aromatic nitrogens is 2. The molecule has 3 aromatic rings. The van der Waals surface area contributed by atoms with E-state index < -0.39 is 11.6 Å². The van der Waals surface area contributed by atoms with Gasteiger partial charge in [-0.15, -0.1) is 0 Å². The topological polar surface area (TPSA) is 82.7 Å². The number of nitrogens with two attached hydrogens (primary N) is 1. The van der Waals surface area contributed by atoms with Crippen molar-refractivity contribution in [3.63, 3.8) is 0 Å². The summed E-state index contributed by atoms with van der Waals surface area (Å²) in [7, 11) is 1.67. The highest BCUT2D eigenvalue weighted by molar-refractivity contribution is 6.20. The lowest BCUT2D eigenvalue weighted by Gasteiger charge is -2.23. The standard InChI is InChI=1S/C22H22F2N6/c1-26-8-12(9-27-2)13-10-28-21-17(20(13)30-6-5-22(11-30)3-4-22)16-18(24)14(23)7-15(25)19(16)29-21/h7-10H,1,3-6,11,25H2,2H3,(H,28,29)/b12-8+,27-9?. The first-order valence-electron chi connectivity index (χ1n) is 9.89. The van der Waals surface area contributed by atoms with Crippen LogP contribution in [0.5, 0.6) is 0 Å². The summed E-state index contributed by atoms with van der Waals surface area (Å²) in [5.74, 6) is -1.90. The predicted octanol–water partition coefficient (Wildman–Crippen LogP) is 4.31. The number of anilines is 2. The molecule has 154 valence electrons. The lowest BCUT2D eigenvalue weighted by molar-refractivity contribution is 0.518. The van der Waals surface area contributed by atoms with E-state index >= 15 is 4.39 Å². The number of rotatable bonds is 4. The number of pyridine rings is 1. The Morgan fingerprint density at radius 2 is 2.13 bits per heavy atom. The molecule has 8 heteroatoms. The number of nitrogen functional groups attached to an aromatic ring is 1. The van der Waals surface area contributed by atoms with Gasteiger partial charge in [-0.25, -0.2) is 13.8 Å². The van der Waals surface area contributed by atoms with Crippen LogP contribution in [0, 0.1) is 17.0 Å². The van der Waals surface area contributed by atoms with Crippen LogP contribution in [0.3, 0.4) is 0 Å². The van der Waals surface area contributed by atoms with Crippen molar-refractivity contribution in [2.24, 2.45) is 15.4 Å². The van der Waals surface area contributed by atoms with Gasteiger partial charge in [-0.3, -0.25) is 9.98 Å². The highest BCUT2D eigenvalue weighted by Gasteiger charge is 2.48. The zero-order valence-electron chi connectivity index (χ0n) is 16.7. The van der Waals surface area contributed by atoms with Crippen molar-refractivity contribution in [1.29, 1.82) is 0 Å². The van der Waals surface area contributed by atoms with Crippen molar-refractivity contribution >= 4 is 51.8 Å². The van der Waals surface area contributed by atoms with Gasteiger partial charge >= 0.3 is 0 Å². The third-order valence-electron chi connectivity index (χ3n) is 6.32. The van der Waals surface area contributed by atoms with Gasteiger partial charge in [0.2, 0.25) is 0 Å². The molecular weight excluding hydrogens is 386 g/mol. The van der Waals surface area contributed by atoms with Crippen LogP contribution in [-0.4, -0.2) is 43.0 Å². The van der Waals surface area contributed by atoms with Crippen molar-refractivity contribution < 1.29 is 8.78 Å². The fourth-order valence-electron chi connectivity index (χ4n) is 4.63. The van der Waals surface area contributed by atoms with Crippen LogP contribution in [0.2, 0.25) is 0 Å². The normalized spacial score (nSPS) is 18.4.